The lowest BCUT2D eigenvalue weighted by molar-refractivity contribution is -0.117. The highest BCUT2D eigenvalue weighted by Crippen LogP contribution is 2.23. The molecule has 0 unspecified atom stereocenters. The van der Waals surface area contributed by atoms with Crippen LogP contribution in [-0.2, 0) is 11.3 Å². The quantitative estimate of drug-likeness (QED) is 0.712. The number of benzene rings is 2. The SMILES string of the molecule is Cc1cccc(NC(=O)CN(C)Cc2ccc(-c3ccccc3C#N)cc2)n1. The Kier molecular flexibility index (Phi) is 6.15. The van der Waals surface area contributed by atoms with Crippen LogP contribution in [0.3, 0.4) is 0 Å². The number of nitriles is 1. The second-order valence-electron chi connectivity index (χ2n) is 6.74. The fraction of sp³-hybridized carbons (Fsp3) is 0.174. The zero-order valence-electron chi connectivity index (χ0n) is 16.0. The Morgan fingerprint density at radius 3 is 2.54 bits per heavy atom. The minimum absolute atomic E-state index is 0.0971. The van der Waals surface area contributed by atoms with Crippen LogP contribution in [0.2, 0.25) is 0 Å². The van der Waals surface area contributed by atoms with Crippen molar-refractivity contribution < 1.29 is 4.79 Å². The fourth-order valence-electron chi connectivity index (χ4n) is 3.03. The van der Waals surface area contributed by atoms with Crippen LogP contribution in [0.25, 0.3) is 11.1 Å². The normalized spacial score (nSPS) is 10.5. The number of likely N-dealkylation sites (N-methyl/N-ethyl adjacent to an activating group) is 1. The summed E-state index contributed by atoms with van der Waals surface area (Å²) in [5, 5.41) is 12.1. The number of pyridine rings is 1. The van der Waals surface area contributed by atoms with Crippen LogP contribution in [0.5, 0.6) is 0 Å². The molecule has 2 aromatic carbocycles. The van der Waals surface area contributed by atoms with Gasteiger partial charge >= 0.3 is 0 Å². The lowest BCUT2D eigenvalue weighted by Gasteiger charge is -2.16. The Balaban J connectivity index is 1.59. The summed E-state index contributed by atoms with van der Waals surface area (Å²) in [5.41, 5.74) is 4.56. The summed E-state index contributed by atoms with van der Waals surface area (Å²) in [6, 6.07) is 23.4. The molecule has 0 saturated heterocycles. The molecule has 28 heavy (non-hydrogen) atoms. The molecule has 0 aliphatic heterocycles. The predicted octanol–water partition coefficient (Wildman–Crippen LogP) is 4.00. The number of aromatic nitrogens is 1. The van der Waals surface area contributed by atoms with Crippen LogP contribution in [0.4, 0.5) is 5.82 Å². The molecule has 0 aliphatic carbocycles. The molecule has 3 aromatic rings. The van der Waals surface area contributed by atoms with Gasteiger partial charge in [0.05, 0.1) is 18.2 Å². The van der Waals surface area contributed by atoms with Gasteiger partial charge in [0.15, 0.2) is 0 Å². The van der Waals surface area contributed by atoms with Crippen molar-refractivity contribution in [3.63, 3.8) is 0 Å². The molecule has 3 rings (SSSR count). The van der Waals surface area contributed by atoms with Crippen LogP contribution in [-0.4, -0.2) is 29.4 Å². The largest absolute Gasteiger partial charge is 0.310 e. The van der Waals surface area contributed by atoms with E-state index in [1.807, 2.05) is 79.5 Å². The van der Waals surface area contributed by atoms with Gasteiger partial charge in [0.2, 0.25) is 5.91 Å². The van der Waals surface area contributed by atoms with Crippen molar-refractivity contribution in [2.24, 2.45) is 0 Å². The highest BCUT2D eigenvalue weighted by Gasteiger charge is 2.09. The van der Waals surface area contributed by atoms with Crippen LogP contribution in [0, 0.1) is 18.3 Å². The molecule has 5 heteroatoms. The van der Waals surface area contributed by atoms with Crippen molar-refractivity contribution in [2.45, 2.75) is 13.5 Å². The van der Waals surface area contributed by atoms with Gasteiger partial charge in [-0.1, -0.05) is 48.5 Å². The van der Waals surface area contributed by atoms with E-state index < -0.39 is 0 Å². The summed E-state index contributed by atoms with van der Waals surface area (Å²) in [7, 11) is 1.90. The molecule has 5 nitrogen and oxygen atoms in total. The van der Waals surface area contributed by atoms with E-state index in [0.29, 0.717) is 17.9 Å². The highest BCUT2D eigenvalue weighted by atomic mass is 16.2. The van der Waals surface area contributed by atoms with Crippen molar-refractivity contribution in [3.8, 4) is 17.2 Å². The fourth-order valence-corrected chi connectivity index (χ4v) is 3.03. The standard InChI is InChI=1S/C23H22N4O/c1-17-6-5-9-22(25-17)26-23(28)16-27(2)15-18-10-12-19(13-11-18)21-8-4-3-7-20(21)14-24/h3-13H,15-16H2,1-2H3,(H,25,26,28). The van der Waals surface area contributed by atoms with E-state index in [0.717, 1.165) is 22.4 Å². The van der Waals surface area contributed by atoms with Crippen LogP contribution in [0.1, 0.15) is 16.8 Å². The number of nitrogens with zero attached hydrogens (tertiary/aromatic N) is 3. The molecular formula is C23H22N4O. The van der Waals surface area contributed by atoms with E-state index in [4.69, 9.17) is 0 Å². The lowest BCUT2D eigenvalue weighted by atomic mass is 9.99. The number of carbonyl (C=O) groups is 1. The molecule has 1 aromatic heterocycles. The molecule has 0 bridgehead atoms. The number of nitrogens with one attached hydrogen (secondary N) is 1. The minimum atomic E-state index is -0.0971. The van der Waals surface area contributed by atoms with Crippen LogP contribution >= 0.6 is 0 Å². The Hall–Kier alpha value is -3.49. The molecule has 0 spiro atoms. The number of rotatable bonds is 6. The number of anilines is 1. The topological polar surface area (TPSA) is 69.0 Å². The zero-order chi connectivity index (χ0) is 19.9. The molecule has 0 saturated carbocycles. The van der Waals surface area contributed by atoms with Gasteiger partial charge in [-0.3, -0.25) is 9.69 Å². The van der Waals surface area contributed by atoms with Crippen LogP contribution in [0.15, 0.2) is 66.7 Å². The molecule has 0 radical (unpaired) electrons. The number of amides is 1. The average Bonchev–Trinajstić information content (AvgIpc) is 2.68. The zero-order valence-corrected chi connectivity index (χ0v) is 16.0. The second-order valence-corrected chi connectivity index (χ2v) is 6.74. The van der Waals surface area contributed by atoms with Crippen molar-refractivity contribution in [3.05, 3.63) is 83.6 Å². The first kappa shape index (κ1) is 19.3. The average molecular weight is 370 g/mol. The van der Waals surface area contributed by atoms with Gasteiger partial charge in [-0.05, 0) is 48.9 Å². The Bertz CT molecular complexity index is 1010. The third-order valence-corrected chi connectivity index (χ3v) is 4.33. The molecule has 0 aliphatic rings. The van der Waals surface area contributed by atoms with Gasteiger partial charge in [0.25, 0.3) is 0 Å². The smallest absolute Gasteiger partial charge is 0.239 e. The van der Waals surface area contributed by atoms with Crippen molar-refractivity contribution >= 4 is 11.7 Å². The Labute approximate surface area is 165 Å². The third-order valence-electron chi connectivity index (χ3n) is 4.33. The van der Waals surface area contributed by atoms with Gasteiger partial charge in [-0.15, -0.1) is 0 Å². The Morgan fingerprint density at radius 1 is 1.07 bits per heavy atom. The summed E-state index contributed by atoms with van der Waals surface area (Å²) in [6.07, 6.45) is 0. The maximum Gasteiger partial charge on any atom is 0.239 e. The molecule has 1 N–H and O–H groups in total. The van der Waals surface area contributed by atoms with Gasteiger partial charge in [0.1, 0.15) is 5.82 Å². The molecule has 140 valence electrons. The maximum atomic E-state index is 12.2. The monoisotopic (exact) mass is 370 g/mol. The van der Waals surface area contributed by atoms with Gasteiger partial charge in [-0.25, -0.2) is 4.98 Å². The van der Waals surface area contributed by atoms with Gasteiger partial charge in [-0.2, -0.15) is 5.26 Å². The van der Waals surface area contributed by atoms with E-state index in [-0.39, 0.29) is 12.5 Å². The van der Waals surface area contributed by atoms with Crippen LogP contribution < -0.4 is 5.32 Å². The lowest BCUT2D eigenvalue weighted by Crippen LogP contribution is -2.30. The van der Waals surface area contributed by atoms with E-state index in [2.05, 4.69) is 16.4 Å². The first-order valence-electron chi connectivity index (χ1n) is 9.05. The highest BCUT2D eigenvalue weighted by molar-refractivity contribution is 5.91. The predicted molar refractivity (Wildman–Crippen MR) is 111 cm³/mol. The number of hydrogen-bond donors (Lipinski definition) is 1. The Morgan fingerprint density at radius 2 is 1.82 bits per heavy atom. The van der Waals surface area contributed by atoms with Crippen molar-refractivity contribution in [1.29, 1.82) is 5.26 Å². The minimum Gasteiger partial charge on any atom is -0.310 e. The van der Waals surface area contributed by atoms with Crippen molar-refractivity contribution in [2.75, 3.05) is 18.9 Å². The summed E-state index contributed by atoms with van der Waals surface area (Å²) in [6.45, 7) is 2.81. The first-order chi connectivity index (χ1) is 13.5. The number of carbonyl (C=O) groups excluding carboxylic acids is 1. The number of aryl methyl sites for hydroxylation is 1. The summed E-state index contributed by atoms with van der Waals surface area (Å²) in [4.78, 5) is 18.4. The molecular weight excluding hydrogens is 348 g/mol. The van der Waals surface area contributed by atoms with E-state index in [9.17, 15) is 10.1 Å². The summed E-state index contributed by atoms with van der Waals surface area (Å²) < 4.78 is 0. The third kappa shape index (κ3) is 5.03. The van der Waals surface area contributed by atoms with E-state index in [1.165, 1.54) is 0 Å². The van der Waals surface area contributed by atoms with Gasteiger partial charge < -0.3 is 5.32 Å². The van der Waals surface area contributed by atoms with E-state index >= 15 is 0 Å². The maximum absolute atomic E-state index is 12.2. The molecule has 1 amide bonds. The van der Waals surface area contributed by atoms with Crippen molar-refractivity contribution in [1.82, 2.24) is 9.88 Å². The molecule has 0 atom stereocenters. The molecule has 1 heterocycles. The number of hydrogen-bond acceptors (Lipinski definition) is 4. The van der Waals surface area contributed by atoms with Gasteiger partial charge in [0, 0.05) is 12.2 Å². The van der Waals surface area contributed by atoms with E-state index in [1.54, 1.807) is 6.07 Å². The second kappa shape index (κ2) is 8.94. The summed E-state index contributed by atoms with van der Waals surface area (Å²) in [5.74, 6) is 0.471. The summed E-state index contributed by atoms with van der Waals surface area (Å²) >= 11 is 0. The first-order valence-corrected chi connectivity index (χ1v) is 9.05. The molecule has 0 fully saturated rings.